The highest BCUT2D eigenvalue weighted by atomic mass is 16.1. The van der Waals surface area contributed by atoms with Crippen molar-refractivity contribution in [2.24, 2.45) is 7.05 Å². The summed E-state index contributed by atoms with van der Waals surface area (Å²) in [6.45, 7) is 4.10. The van der Waals surface area contributed by atoms with Gasteiger partial charge in [0.2, 0.25) is 0 Å². The first-order valence-electron chi connectivity index (χ1n) is 9.15. The molecular formula is C24H22N2O. The molecule has 0 saturated heterocycles. The third kappa shape index (κ3) is 3.17. The van der Waals surface area contributed by atoms with E-state index in [4.69, 9.17) is 4.98 Å². The summed E-state index contributed by atoms with van der Waals surface area (Å²) in [6.07, 6.45) is 0.363. The molecule has 0 radical (unpaired) electrons. The van der Waals surface area contributed by atoms with Crippen LogP contribution in [-0.4, -0.2) is 15.3 Å². The Bertz CT molecular complexity index is 1150. The molecule has 0 atom stereocenters. The molecule has 0 saturated carbocycles. The average Bonchev–Trinajstić information content (AvgIpc) is 3.01. The summed E-state index contributed by atoms with van der Waals surface area (Å²) in [7, 11) is 2.02. The molecule has 134 valence electrons. The molecule has 1 aromatic heterocycles. The number of Topliss-reactive ketones (excluding diaryl/α,β-unsaturated/α-hetero) is 1. The van der Waals surface area contributed by atoms with Gasteiger partial charge < -0.3 is 4.57 Å². The quantitative estimate of drug-likeness (QED) is 0.467. The molecule has 0 N–H and O–H groups in total. The van der Waals surface area contributed by atoms with E-state index < -0.39 is 0 Å². The Labute approximate surface area is 159 Å². The zero-order valence-electron chi connectivity index (χ0n) is 15.9. The number of carbonyl (C=O) groups is 1. The van der Waals surface area contributed by atoms with Gasteiger partial charge in [0.25, 0.3) is 0 Å². The molecule has 0 bridgehead atoms. The lowest BCUT2D eigenvalue weighted by Crippen LogP contribution is -2.06. The van der Waals surface area contributed by atoms with Crippen LogP contribution in [0.4, 0.5) is 0 Å². The van der Waals surface area contributed by atoms with Crippen molar-refractivity contribution >= 4 is 16.8 Å². The van der Waals surface area contributed by atoms with Crippen LogP contribution in [0.2, 0.25) is 0 Å². The number of carbonyl (C=O) groups excluding carboxylic acids is 1. The van der Waals surface area contributed by atoms with Gasteiger partial charge in [-0.25, -0.2) is 4.98 Å². The third-order valence-electron chi connectivity index (χ3n) is 5.23. The molecule has 3 aromatic carbocycles. The Morgan fingerprint density at radius 2 is 1.67 bits per heavy atom. The Kier molecular flexibility index (Phi) is 4.36. The molecule has 3 nitrogen and oxygen atoms in total. The molecule has 0 aliphatic rings. The maximum absolute atomic E-state index is 12.9. The molecule has 27 heavy (non-hydrogen) atoms. The van der Waals surface area contributed by atoms with Crippen molar-refractivity contribution in [2.75, 3.05) is 0 Å². The van der Waals surface area contributed by atoms with Gasteiger partial charge in [-0.1, -0.05) is 48.5 Å². The second-order valence-electron chi connectivity index (χ2n) is 7.04. The highest BCUT2D eigenvalue weighted by Crippen LogP contribution is 2.27. The van der Waals surface area contributed by atoms with Crippen molar-refractivity contribution < 1.29 is 4.79 Å². The summed E-state index contributed by atoms with van der Waals surface area (Å²) in [6, 6.07) is 22.1. The fourth-order valence-corrected chi connectivity index (χ4v) is 3.47. The lowest BCUT2D eigenvalue weighted by Gasteiger charge is -2.10. The summed E-state index contributed by atoms with van der Waals surface area (Å²) >= 11 is 0. The van der Waals surface area contributed by atoms with E-state index in [2.05, 4.69) is 17.6 Å². The van der Waals surface area contributed by atoms with Crippen molar-refractivity contribution in [3.8, 4) is 11.4 Å². The van der Waals surface area contributed by atoms with Crippen LogP contribution in [0.5, 0.6) is 0 Å². The highest BCUT2D eigenvalue weighted by molar-refractivity contribution is 5.98. The van der Waals surface area contributed by atoms with E-state index in [-0.39, 0.29) is 5.78 Å². The molecule has 3 heteroatoms. The molecule has 0 fully saturated rings. The van der Waals surface area contributed by atoms with Crippen LogP contribution in [0.3, 0.4) is 0 Å². The van der Waals surface area contributed by atoms with E-state index in [0.717, 1.165) is 39.1 Å². The number of fused-ring (bicyclic) bond motifs is 1. The van der Waals surface area contributed by atoms with Crippen molar-refractivity contribution in [1.29, 1.82) is 0 Å². The van der Waals surface area contributed by atoms with Crippen molar-refractivity contribution in [1.82, 2.24) is 9.55 Å². The van der Waals surface area contributed by atoms with E-state index >= 15 is 0 Å². The molecule has 0 aliphatic carbocycles. The lowest BCUT2D eigenvalue weighted by atomic mass is 9.96. The number of rotatable bonds is 4. The number of nitrogens with zero attached hydrogens (tertiary/aromatic N) is 2. The molecular weight excluding hydrogens is 332 g/mol. The molecule has 0 aliphatic heterocycles. The van der Waals surface area contributed by atoms with E-state index in [0.29, 0.717) is 6.42 Å². The number of aromatic nitrogens is 2. The van der Waals surface area contributed by atoms with E-state index in [1.165, 1.54) is 5.56 Å². The topological polar surface area (TPSA) is 34.9 Å². The van der Waals surface area contributed by atoms with Crippen LogP contribution in [0.1, 0.15) is 27.0 Å². The van der Waals surface area contributed by atoms with E-state index in [1.807, 2.05) is 74.6 Å². The normalized spacial score (nSPS) is 11.1. The molecule has 0 amide bonds. The number of hydrogen-bond acceptors (Lipinski definition) is 2. The number of aryl methyl sites for hydroxylation is 3. The first-order valence-corrected chi connectivity index (χ1v) is 9.15. The number of benzene rings is 3. The maximum atomic E-state index is 12.9. The van der Waals surface area contributed by atoms with Gasteiger partial charge in [-0.15, -0.1) is 0 Å². The van der Waals surface area contributed by atoms with Gasteiger partial charge in [0.05, 0.1) is 11.0 Å². The van der Waals surface area contributed by atoms with Gasteiger partial charge in [0.15, 0.2) is 5.78 Å². The van der Waals surface area contributed by atoms with Gasteiger partial charge in [0.1, 0.15) is 5.82 Å². The number of ketones is 1. The molecule has 4 aromatic rings. The van der Waals surface area contributed by atoms with Gasteiger partial charge in [-0.05, 0) is 48.7 Å². The van der Waals surface area contributed by atoms with E-state index in [9.17, 15) is 4.79 Å². The van der Waals surface area contributed by atoms with Crippen molar-refractivity contribution in [3.63, 3.8) is 0 Å². The zero-order valence-corrected chi connectivity index (χ0v) is 15.9. The molecule has 1 heterocycles. The van der Waals surface area contributed by atoms with Gasteiger partial charge >= 0.3 is 0 Å². The SMILES string of the molecule is Cc1ccc(C(=O)Cc2ccccc2-c2nc3ccccc3n2C)cc1C. The smallest absolute Gasteiger partial charge is 0.167 e. The molecule has 0 spiro atoms. The van der Waals surface area contributed by atoms with Gasteiger partial charge in [0, 0.05) is 24.6 Å². The fraction of sp³-hybridized carbons (Fsp3) is 0.167. The Hall–Kier alpha value is -3.20. The monoisotopic (exact) mass is 354 g/mol. The Morgan fingerprint density at radius 3 is 2.44 bits per heavy atom. The zero-order chi connectivity index (χ0) is 19.0. The third-order valence-corrected chi connectivity index (χ3v) is 5.23. The summed E-state index contributed by atoms with van der Waals surface area (Å²) in [4.78, 5) is 17.7. The van der Waals surface area contributed by atoms with E-state index in [1.54, 1.807) is 0 Å². The summed E-state index contributed by atoms with van der Waals surface area (Å²) in [5.74, 6) is 1.02. The minimum Gasteiger partial charge on any atom is -0.327 e. The predicted molar refractivity (Wildman–Crippen MR) is 110 cm³/mol. The summed E-state index contributed by atoms with van der Waals surface area (Å²) in [5.41, 5.74) is 7.16. The molecule has 0 unspecified atom stereocenters. The second-order valence-corrected chi connectivity index (χ2v) is 7.04. The standard InChI is InChI=1S/C24H22N2O/c1-16-12-13-19(14-17(16)2)23(27)15-18-8-4-5-9-20(18)24-25-21-10-6-7-11-22(21)26(24)3/h4-14H,15H2,1-3H3. The number of hydrogen-bond donors (Lipinski definition) is 0. The maximum Gasteiger partial charge on any atom is 0.167 e. The number of imidazole rings is 1. The molecule has 4 rings (SSSR count). The summed E-state index contributed by atoms with van der Waals surface area (Å²) in [5, 5.41) is 0. The minimum atomic E-state index is 0.129. The lowest BCUT2D eigenvalue weighted by molar-refractivity contribution is 0.0993. The van der Waals surface area contributed by atoms with Crippen LogP contribution in [0, 0.1) is 13.8 Å². The van der Waals surface area contributed by atoms with Crippen LogP contribution >= 0.6 is 0 Å². The first kappa shape index (κ1) is 17.2. The Balaban J connectivity index is 1.73. The second kappa shape index (κ2) is 6.84. The summed E-state index contributed by atoms with van der Waals surface area (Å²) < 4.78 is 2.09. The van der Waals surface area contributed by atoms with Crippen LogP contribution in [0.15, 0.2) is 66.7 Å². The van der Waals surface area contributed by atoms with Crippen molar-refractivity contribution in [2.45, 2.75) is 20.3 Å². The minimum absolute atomic E-state index is 0.129. The van der Waals surface area contributed by atoms with Crippen LogP contribution < -0.4 is 0 Å². The van der Waals surface area contributed by atoms with Gasteiger partial charge in [-0.2, -0.15) is 0 Å². The Morgan fingerprint density at radius 1 is 0.926 bits per heavy atom. The van der Waals surface area contributed by atoms with Crippen molar-refractivity contribution in [3.05, 3.63) is 89.0 Å². The van der Waals surface area contributed by atoms with Gasteiger partial charge in [-0.3, -0.25) is 4.79 Å². The fourth-order valence-electron chi connectivity index (χ4n) is 3.47. The van der Waals surface area contributed by atoms with Crippen LogP contribution in [-0.2, 0) is 13.5 Å². The predicted octanol–water partition coefficient (Wildman–Crippen LogP) is 5.28. The largest absolute Gasteiger partial charge is 0.327 e. The number of para-hydroxylation sites is 2. The average molecular weight is 354 g/mol. The highest BCUT2D eigenvalue weighted by Gasteiger charge is 2.16. The van der Waals surface area contributed by atoms with Crippen LogP contribution in [0.25, 0.3) is 22.4 Å². The first-order chi connectivity index (χ1) is 13.0.